The highest BCUT2D eigenvalue weighted by molar-refractivity contribution is 7.18. The quantitative estimate of drug-likeness (QED) is 0.483. The first-order chi connectivity index (χ1) is 13.0. The van der Waals surface area contributed by atoms with Crippen molar-refractivity contribution in [3.63, 3.8) is 0 Å². The van der Waals surface area contributed by atoms with E-state index in [1.54, 1.807) is 16.2 Å². The SMILES string of the molecule is O=C(c1ccc([N+](=O)[O-])cc1F)N1CCCCC1c1nc2ccccc2s1. The lowest BCUT2D eigenvalue weighted by Gasteiger charge is -2.34. The van der Waals surface area contributed by atoms with E-state index in [9.17, 15) is 19.3 Å². The number of aromatic nitrogens is 1. The van der Waals surface area contributed by atoms with Gasteiger partial charge in [-0.3, -0.25) is 14.9 Å². The van der Waals surface area contributed by atoms with Gasteiger partial charge in [0.15, 0.2) is 0 Å². The topological polar surface area (TPSA) is 76.3 Å². The average Bonchev–Trinajstić information content (AvgIpc) is 3.11. The van der Waals surface area contributed by atoms with Crippen molar-refractivity contribution < 1.29 is 14.1 Å². The summed E-state index contributed by atoms with van der Waals surface area (Å²) in [5.41, 5.74) is 0.371. The highest BCUT2D eigenvalue weighted by atomic mass is 32.1. The van der Waals surface area contributed by atoms with Gasteiger partial charge in [-0.15, -0.1) is 11.3 Å². The van der Waals surface area contributed by atoms with E-state index in [1.807, 2.05) is 24.3 Å². The summed E-state index contributed by atoms with van der Waals surface area (Å²) < 4.78 is 15.4. The fraction of sp³-hybridized carbons (Fsp3) is 0.263. The largest absolute Gasteiger partial charge is 0.329 e. The summed E-state index contributed by atoms with van der Waals surface area (Å²) in [6, 6.07) is 10.7. The monoisotopic (exact) mass is 385 g/mol. The summed E-state index contributed by atoms with van der Waals surface area (Å²) in [6.07, 6.45) is 2.56. The average molecular weight is 385 g/mol. The maximum atomic E-state index is 14.3. The minimum atomic E-state index is -0.872. The molecule has 1 atom stereocenters. The van der Waals surface area contributed by atoms with Gasteiger partial charge in [0.05, 0.1) is 32.8 Å². The number of para-hydroxylation sites is 1. The molecule has 138 valence electrons. The van der Waals surface area contributed by atoms with Crippen molar-refractivity contribution in [1.82, 2.24) is 9.88 Å². The molecule has 0 radical (unpaired) electrons. The van der Waals surface area contributed by atoms with Crippen LogP contribution in [-0.4, -0.2) is 27.3 Å². The molecule has 3 aromatic rings. The first-order valence-electron chi connectivity index (χ1n) is 8.65. The number of rotatable bonds is 3. The predicted octanol–water partition coefficient (Wildman–Crippen LogP) is 4.71. The van der Waals surface area contributed by atoms with Crippen molar-refractivity contribution >= 4 is 33.1 Å². The predicted molar refractivity (Wildman–Crippen MR) is 100 cm³/mol. The van der Waals surface area contributed by atoms with Crippen molar-refractivity contribution in [3.8, 4) is 0 Å². The number of likely N-dealkylation sites (tertiary alicyclic amines) is 1. The molecule has 0 spiro atoms. The van der Waals surface area contributed by atoms with Gasteiger partial charge in [0, 0.05) is 12.6 Å². The zero-order valence-electron chi connectivity index (χ0n) is 14.3. The van der Waals surface area contributed by atoms with Crippen molar-refractivity contribution in [3.05, 3.63) is 69.0 Å². The number of fused-ring (bicyclic) bond motifs is 1. The molecule has 6 nitrogen and oxygen atoms in total. The van der Waals surface area contributed by atoms with Crippen molar-refractivity contribution in [1.29, 1.82) is 0 Å². The molecule has 0 N–H and O–H groups in total. The number of nitro groups is 1. The number of hydrogen-bond acceptors (Lipinski definition) is 5. The van der Waals surface area contributed by atoms with Crippen LogP contribution in [0, 0.1) is 15.9 Å². The number of halogens is 1. The summed E-state index contributed by atoms with van der Waals surface area (Å²) >= 11 is 1.54. The summed E-state index contributed by atoms with van der Waals surface area (Å²) in [6.45, 7) is 0.510. The van der Waals surface area contributed by atoms with Crippen molar-refractivity contribution in [2.24, 2.45) is 0 Å². The Balaban J connectivity index is 1.68. The minimum absolute atomic E-state index is 0.145. The van der Waals surface area contributed by atoms with E-state index in [1.165, 1.54) is 6.07 Å². The van der Waals surface area contributed by atoms with Crippen LogP contribution in [0.5, 0.6) is 0 Å². The molecule has 2 heterocycles. The number of thiazole rings is 1. The molecule has 4 rings (SSSR count). The first-order valence-corrected chi connectivity index (χ1v) is 9.46. The van der Waals surface area contributed by atoms with E-state index >= 15 is 0 Å². The number of amides is 1. The Kier molecular flexibility index (Phi) is 4.57. The Bertz CT molecular complexity index is 1000. The smallest absolute Gasteiger partial charge is 0.272 e. The number of hydrogen-bond donors (Lipinski definition) is 0. The second kappa shape index (κ2) is 7.03. The number of non-ortho nitro benzene ring substituents is 1. The Morgan fingerprint density at radius 3 is 2.81 bits per heavy atom. The molecule has 0 aliphatic carbocycles. The molecule has 1 aliphatic rings. The van der Waals surface area contributed by atoms with Gasteiger partial charge in [0.25, 0.3) is 11.6 Å². The van der Waals surface area contributed by atoms with Crippen LogP contribution in [0.4, 0.5) is 10.1 Å². The Morgan fingerprint density at radius 2 is 2.07 bits per heavy atom. The molecule has 1 fully saturated rings. The van der Waals surface area contributed by atoms with Crippen LogP contribution in [0.25, 0.3) is 10.2 Å². The molecule has 1 amide bonds. The molecule has 0 bridgehead atoms. The summed E-state index contributed by atoms with van der Waals surface area (Å²) in [7, 11) is 0. The highest BCUT2D eigenvalue weighted by Gasteiger charge is 2.32. The highest BCUT2D eigenvalue weighted by Crippen LogP contribution is 2.36. The van der Waals surface area contributed by atoms with Crippen LogP contribution in [0.1, 0.15) is 40.7 Å². The summed E-state index contributed by atoms with van der Waals surface area (Å²) in [5.74, 6) is -1.32. The minimum Gasteiger partial charge on any atom is -0.329 e. The van der Waals surface area contributed by atoms with Gasteiger partial charge in [-0.1, -0.05) is 12.1 Å². The number of benzene rings is 2. The maximum absolute atomic E-state index is 14.3. The second-order valence-corrected chi connectivity index (χ2v) is 7.51. The van der Waals surface area contributed by atoms with Crippen molar-refractivity contribution in [2.45, 2.75) is 25.3 Å². The number of piperidine rings is 1. The fourth-order valence-corrected chi connectivity index (χ4v) is 4.52. The zero-order chi connectivity index (χ0) is 19.0. The summed E-state index contributed by atoms with van der Waals surface area (Å²) in [5, 5.41) is 11.6. The number of nitro benzene ring substituents is 1. The third kappa shape index (κ3) is 3.28. The molecule has 1 aromatic heterocycles. The Hall–Kier alpha value is -2.87. The van der Waals surface area contributed by atoms with E-state index < -0.39 is 16.6 Å². The van der Waals surface area contributed by atoms with Crippen LogP contribution in [0.3, 0.4) is 0 Å². The Labute approximate surface area is 158 Å². The molecule has 0 saturated carbocycles. The van der Waals surface area contributed by atoms with Crippen LogP contribution < -0.4 is 0 Å². The van der Waals surface area contributed by atoms with Crippen molar-refractivity contribution in [2.75, 3.05) is 6.54 Å². The van der Waals surface area contributed by atoms with Crippen LogP contribution in [-0.2, 0) is 0 Å². The fourth-order valence-electron chi connectivity index (χ4n) is 3.41. The van der Waals surface area contributed by atoms with E-state index in [-0.39, 0.29) is 17.3 Å². The van der Waals surface area contributed by atoms with Crippen LogP contribution in [0.2, 0.25) is 0 Å². The maximum Gasteiger partial charge on any atom is 0.272 e. The zero-order valence-corrected chi connectivity index (χ0v) is 15.1. The van der Waals surface area contributed by atoms with Gasteiger partial charge in [0.2, 0.25) is 0 Å². The lowest BCUT2D eigenvalue weighted by molar-refractivity contribution is -0.385. The molecular weight excluding hydrogens is 369 g/mol. The molecule has 8 heteroatoms. The second-order valence-electron chi connectivity index (χ2n) is 6.45. The lowest BCUT2D eigenvalue weighted by atomic mass is 10.0. The number of carbonyl (C=O) groups is 1. The molecular formula is C19H16FN3O3S. The van der Waals surface area contributed by atoms with Gasteiger partial charge in [-0.25, -0.2) is 9.37 Å². The van der Waals surface area contributed by atoms with Gasteiger partial charge in [0.1, 0.15) is 10.8 Å². The van der Waals surface area contributed by atoms with E-state index in [2.05, 4.69) is 4.98 Å². The number of carbonyl (C=O) groups excluding carboxylic acids is 1. The first kappa shape index (κ1) is 17.5. The van der Waals surface area contributed by atoms with Gasteiger partial charge in [-0.05, 0) is 37.5 Å². The Morgan fingerprint density at radius 1 is 1.26 bits per heavy atom. The molecule has 27 heavy (non-hydrogen) atoms. The molecule has 2 aromatic carbocycles. The van der Waals surface area contributed by atoms with E-state index in [0.29, 0.717) is 6.54 Å². The standard InChI is InChI=1S/C19H16FN3O3S/c20-14-11-12(23(25)26)8-9-13(14)19(24)22-10-4-3-6-16(22)18-21-15-5-1-2-7-17(15)27-18/h1-2,5,7-9,11,16H,3-4,6,10H2. The van der Waals surface area contributed by atoms with Gasteiger partial charge in [-0.2, -0.15) is 0 Å². The normalized spacial score (nSPS) is 17.2. The lowest BCUT2D eigenvalue weighted by Crippen LogP contribution is -2.38. The third-order valence-electron chi connectivity index (χ3n) is 4.75. The van der Waals surface area contributed by atoms with Crippen LogP contribution >= 0.6 is 11.3 Å². The van der Waals surface area contributed by atoms with Gasteiger partial charge >= 0.3 is 0 Å². The third-order valence-corrected chi connectivity index (χ3v) is 5.89. The van der Waals surface area contributed by atoms with E-state index in [4.69, 9.17) is 0 Å². The number of nitrogens with zero attached hydrogens (tertiary/aromatic N) is 3. The van der Waals surface area contributed by atoms with Gasteiger partial charge < -0.3 is 4.90 Å². The molecule has 1 aliphatic heterocycles. The molecule has 1 saturated heterocycles. The molecule has 1 unspecified atom stereocenters. The van der Waals surface area contributed by atoms with Crippen LogP contribution in [0.15, 0.2) is 42.5 Å². The van der Waals surface area contributed by atoms with E-state index in [0.717, 1.165) is 46.6 Å². The summed E-state index contributed by atoms with van der Waals surface area (Å²) in [4.78, 5) is 29.4.